The quantitative estimate of drug-likeness (QED) is 0.185. The Morgan fingerprint density at radius 3 is 2.44 bits per heavy atom. The van der Waals surface area contributed by atoms with E-state index in [1.165, 1.54) is 41.3 Å². The van der Waals surface area contributed by atoms with Crippen LogP contribution in [-0.4, -0.2) is 31.1 Å². The number of rotatable bonds is 9. The smallest absolute Gasteiger partial charge is 0.264 e. The van der Waals surface area contributed by atoms with Gasteiger partial charge in [0.1, 0.15) is 6.54 Å². The average molecular weight is 580 g/mol. The number of amides is 1. The predicted octanol–water partition coefficient (Wildman–Crippen LogP) is 6.28. The normalized spacial score (nSPS) is 11.3. The number of sulfonamides is 1. The number of nitrogens with zero attached hydrogens (tertiary/aromatic N) is 3. The van der Waals surface area contributed by atoms with E-state index in [0.717, 1.165) is 15.4 Å². The van der Waals surface area contributed by atoms with Gasteiger partial charge in [0.15, 0.2) is 4.34 Å². The Hall–Kier alpha value is -2.63. The van der Waals surface area contributed by atoms with Gasteiger partial charge in [-0.3, -0.25) is 14.4 Å². The zero-order valence-corrected chi connectivity index (χ0v) is 22.9. The van der Waals surface area contributed by atoms with E-state index in [4.69, 9.17) is 23.2 Å². The first-order chi connectivity index (χ1) is 17.2. The summed E-state index contributed by atoms with van der Waals surface area (Å²) in [5.74, 6) is 0.108. The van der Waals surface area contributed by atoms with Crippen LogP contribution >= 0.6 is 46.3 Å². The van der Waals surface area contributed by atoms with Gasteiger partial charge in [-0.15, -0.1) is 10.2 Å². The third-order valence-electron chi connectivity index (χ3n) is 4.95. The number of carbonyl (C=O) groups is 1. The highest BCUT2D eigenvalue weighted by molar-refractivity contribution is 8.00. The average Bonchev–Trinajstić information content (AvgIpc) is 3.31. The summed E-state index contributed by atoms with van der Waals surface area (Å²) in [5.41, 5.74) is 2.13. The Balaban J connectivity index is 1.53. The minimum absolute atomic E-state index is 0.0208. The first-order valence-corrected chi connectivity index (χ1v) is 14.6. The maximum absolute atomic E-state index is 13.5. The molecule has 0 aliphatic heterocycles. The first kappa shape index (κ1) is 26.4. The van der Waals surface area contributed by atoms with Crippen LogP contribution in [0.15, 0.2) is 82.0 Å². The lowest BCUT2D eigenvalue weighted by Crippen LogP contribution is -2.38. The van der Waals surface area contributed by atoms with Crippen LogP contribution in [0.1, 0.15) is 11.1 Å². The fourth-order valence-corrected chi connectivity index (χ4v) is 6.75. The molecule has 1 aromatic heterocycles. The number of hydrogen-bond acceptors (Lipinski definition) is 7. The molecule has 1 amide bonds. The fraction of sp³-hybridized carbons (Fsp3) is 0.125. The molecule has 0 saturated heterocycles. The Labute approximate surface area is 227 Å². The van der Waals surface area contributed by atoms with Gasteiger partial charge in [0.05, 0.1) is 20.6 Å². The number of anilines is 2. The standard InChI is InChI=1S/C24H20Cl2N4O3S3/c1-16-10-12-18(13-11-16)36(32,33)30(20-9-5-8-19(25)22(20)26)14-21(31)27-23-28-29-24(35-23)34-15-17-6-3-2-4-7-17/h2-13H,14-15H2,1H3,(H,27,28,31). The summed E-state index contributed by atoms with van der Waals surface area (Å²) in [7, 11) is -4.14. The van der Waals surface area contributed by atoms with Gasteiger partial charge >= 0.3 is 0 Å². The molecule has 1 heterocycles. The number of aryl methyl sites for hydroxylation is 1. The van der Waals surface area contributed by atoms with Gasteiger partial charge in [-0.1, -0.05) is 100 Å². The number of carbonyl (C=O) groups excluding carboxylic acids is 1. The van der Waals surface area contributed by atoms with E-state index in [1.807, 2.05) is 37.3 Å². The summed E-state index contributed by atoms with van der Waals surface area (Å²) < 4.78 is 28.7. The number of benzene rings is 3. The number of halogens is 2. The second-order valence-corrected chi connectivity index (χ2v) is 12.4. The minimum Gasteiger partial charge on any atom is -0.299 e. The van der Waals surface area contributed by atoms with E-state index in [2.05, 4.69) is 15.5 Å². The van der Waals surface area contributed by atoms with Crippen LogP contribution < -0.4 is 9.62 Å². The van der Waals surface area contributed by atoms with Crippen molar-refractivity contribution in [3.05, 3.63) is 94.0 Å². The molecule has 0 bridgehead atoms. The summed E-state index contributed by atoms with van der Waals surface area (Å²) in [6.45, 7) is 1.31. The number of aromatic nitrogens is 2. The summed E-state index contributed by atoms with van der Waals surface area (Å²) in [5, 5.41) is 11.2. The zero-order valence-electron chi connectivity index (χ0n) is 18.9. The molecule has 0 saturated carbocycles. The van der Waals surface area contributed by atoms with Crippen LogP contribution in [0.3, 0.4) is 0 Å². The summed E-state index contributed by atoms with van der Waals surface area (Å²) in [6, 6.07) is 20.8. The Morgan fingerprint density at radius 2 is 1.72 bits per heavy atom. The highest BCUT2D eigenvalue weighted by Gasteiger charge is 2.29. The predicted molar refractivity (Wildman–Crippen MR) is 147 cm³/mol. The van der Waals surface area contributed by atoms with Crippen molar-refractivity contribution in [2.75, 3.05) is 16.2 Å². The maximum Gasteiger partial charge on any atom is 0.264 e. The van der Waals surface area contributed by atoms with Crippen LogP contribution in [0.4, 0.5) is 10.8 Å². The SMILES string of the molecule is Cc1ccc(S(=O)(=O)N(CC(=O)Nc2nnc(SCc3ccccc3)s2)c2cccc(Cl)c2Cl)cc1. The van der Waals surface area contributed by atoms with Crippen LogP contribution in [0.2, 0.25) is 10.0 Å². The van der Waals surface area contributed by atoms with Crippen LogP contribution in [-0.2, 0) is 20.6 Å². The lowest BCUT2D eigenvalue weighted by molar-refractivity contribution is -0.114. The van der Waals surface area contributed by atoms with Crippen molar-refractivity contribution in [1.82, 2.24) is 10.2 Å². The van der Waals surface area contributed by atoms with E-state index in [1.54, 1.807) is 24.3 Å². The second kappa shape index (κ2) is 11.6. The van der Waals surface area contributed by atoms with Crippen molar-refractivity contribution < 1.29 is 13.2 Å². The Kier molecular flexibility index (Phi) is 8.53. The van der Waals surface area contributed by atoms with Crippen molar-refractivity contribution in [1.29, 1.82) is 0 Å². The van der Waals surface area contributed by atoms with E-state index in [9.17, 15) is 13.2 Å². The van der Waals surface area contributed by atoms with Gasteiger partial charge in [-0.05, 0) is 36.8 Å². The van der Waals surface area contributed by atoms with Gasteiger partial charge in [0, 0.05) is 5.75 Å². The molecule has 12 heteroatoms. The Bertz CT molecular complexity index is 1460. The highest BCUT2D eigenvalue weighted by Crippen LogP contribution is 2.35. The number of hydrogen-bond donors (Lipinski definition) is 1. The molecular weight excluding hydrogens is 559 g/mol. The monoisotopic (exact) mass is 578 g/mol. The molecule has 0 unspecified atom stereocenters. The molecule has 0 radical (unpaired) electrons. The largest absolute Gasteiger partial charge is 0.299 e. The van der Waals surface area contributed by atoms with Crippen molar-refractivity contribution in [3.8, 4) is 0 Å². The second-order valence-electron chi connectivity index (χ2n) is 7.59. The van der Waals surface area contributed by atoms with Crippen molar-refractivity contribution >= 4 is 73.0 Å². The van der Waals surface area contributed by atoms with Crippen LogP contribution in [0, 0.1) is 6.92 Å². The van der Waals surface area contributed by atoms with Crippen molar-refractivity contribution in [2.24, 2.45) is 0 Å². The molecule has 0 aliphatic rings. The molecular formula is C24H20Cl2N4O3S3. The van der Waals surface area contributed by atoms with Crippen LogP contribution in [0.25, 0.3) is 0 Å². The molecule has 0 aliphatic carbocycles. The molecule has 186 valence electrons. The topological polar surface area (TPSA) is 92.3 Å². The number of nitrogens with one attached hydrogen (secondary N) is 1. The highest BCUT2D eigenvalue weighted by atomic mass is 35.5. The first-order valence-electron chi connectivity index (χ1n) is 10.6. The number of thioether (sulfide) groups is 1. The van der Waals surface area contributed by atoms with Gasteiger partial charge in [-0.2, -0.15) is 0 Å². The maximum atomic E-state index is 13.5. The minimum atomic E-state index is -4.14. The fourth-order valence-electron chi connectivity index (χ4n) is 3.15. The Morgan fingerprint density at radius 1 is 1.00 bits per heavy atom. The molecule has 4 aromatic rings. The summed E-state index contributed by atoms with van der Waals surface area (Å²) in [4.78, 5) is 13.0. The lowest BCUT2D eigenvalue weighted by Gasteiger charge is -2.25. The molecule has 7 nitrogen and oxygen atoms in total. The molecule has 4 rings (SSSR count). The summed E-state index contributed by atoms with van der Waals surface area (Å²) in [6.07, 6.45) is 0. The van der Waals surface area contributed by atoms with E-state index in [-0.39, 0.29) is 25.8 Å². The molecule has 0 fully saturated rings. The van der Waals surface area contributed by atoms with E-state index < -0.39 is 22.5 Å². The van der Waals surface area contributed by atoms with Gasteiger partial charge in [0.2, 0.25) is 11.0 Å². The van der Waals surface area contributed by atoms with Gasteiger partial charge in [0.25, 0.3) is 10.0 Å². The van der Waals surface area contributed by atoms with Crippen molar-refractivity contribution in [2.45, 2.75) is 21.9 Å². The third kappa shape index (κ3) is 6.37. The molecule has 36 heavy (non-hydrogen) atoms. The molecule has 0 spiro atoms. The molecule has 3 aromatic carbocycles. The molecule has 0 atom stereocenters. The van der Waals surface area contributed by atoms with Gasteiger partial charge < -0.3 is 0 Å². The third-order valence-corrected chi connectivity index (χ3v) is 9.58. The van der Waals surface area contributed by atoms with E-state index >= 15 is 0 Å². The van der Waals surface area contributed by atoms with Crippen LogP contribution in [0.5, 0.6) is 0 Å². The lowest BCUT2D eigenvalue weighted by atomic mass is 10.2. The van der Waals surface area contributed by atoms with Crippen molar-refractivity contribution in [3.63, 3.8) is 0 Å². The molecule has 1 N–H and O–H groups in total. The van der Waals surface area contributed by atoms with Gasteiger partial charge in [-0.25, -0.2) is 8.42 Å². The zero-order chi connectivity index (χ0) is 25.7. The summed E-state index contributed by atoms with van der Waals surface area (Å²) >= 11 is 15.2. The van der Waals surface area contributed by atoms with E-state index in [0.29, 0.717) is 10.1 Å².